The van der Waals surface area contributed by atoms with E-state index >= 15 is 0 Å². The van der Waals surface area contributed by atoms with Crippen LogP contribution in [0.2, 0.25) is 0 Å². The Hall–Kier alpha value is -3.09. The van der Waals surface area contributed by atoms with Gasteiger partial charge in [0.25, 0.3) is 5.91 Å². The minimum atomic E-state index is -0.234. The molecular weight excluding hydrogens is 320 g/mol. The maximum Gasteiger partial charge on any atom is 0.350 e. The van der Waals surface area contributed by atoms with Gasteiger partial charge in [-0.3, -0.25) is 9.20 Å². The van der Waals surface area contributed by atoms with Gasteiger partial charge in [0.05, 0.1) is 6.54 Å². The number of hydrogen-bond donors (Lipinski definition) is 1. The highest BCUT2D eigenvalue weighted by molar-refractivity contribution is 5.77. The number of rotatable bonds is 7. The standard InChI is InChI=1S/C18H20N4O3/c1-2-14-7-3-4-8-15(14)25-13-17(23)19-10-12-22-18(24)21-11-6-5-9-16(21)20-22/h3-9,11H,2,10,12-13H2,1H3,(H,19,23). The van der Waals surface area contributed by atoms with Crippen molar-refractivity contribution in [3.8, 4) is 5.75 Å². The molecule has 2 aromatic heterocycles. The van der Waals surface area contributed by atoms with Crippen LogP contribution in [-0.2, 0) is 17.8 Å². The average molecular weight is 340 g/mol. The summed E-state index contributed by atoms with van der Waals surface area (Å²) in [6.45, 7) is 2.59. The highest BCUT2D eigenvalue weighted by Crippen LogP contribution is 2.17. The van der Waals surface area contributed by atoms with E-state index in [1.807, 2.05) is 37.3 Å². The number of benzene rings is 1. The van der Waals surface area contributed by atoms with Crippen LogP contribution in [0.5, 0.6) is 5.75 Å². The summed E-state index contributed by atoms with van der Waals surface area (Å²) in [5.41, 5.74) is 1.42. The number of hydrogen-bond acceptors (Lipinski definition) is 4. The summed E-state index contributed by atoms with van der Waals surface area (Å²) < 4.78 is 8.37. The van der Waals surface area contributed by atoms with Crippen LogP contribution in [0.1, 0.15) is 12.5 Å². The van der Waals surface area contributed by atoms with E-state index in [2.05, 4.69) is 10.4 Å². The van der Waals surface area contributed by atoms with Crippen molar-refractivity contribution >= 4 is 11.6 Å². The molecule has 0 unspecified atom stereocenters. The smallest absolute Gasteiger partial charge is 0.350 e. The van der Waals surface area contributed by atoms with Gasteiger partial charge in [0.15, 0.2) is 12.3 Å². The van der Waals surface area contributed by atoms with E-state index in [9.17, 15) is 9.59 Å². The molecule has 0 aliphatic heterocycles. The lowest BCUT2D eigenvalue weighted by Crippen LogP contribution is -2.34. The molecule has 1 amide bonds. The zero-order valence-corrected chi connectivity index (χ0v) is 14.0. The Kier molecular flexibility index (Phi) is 5.13. The zero-order valence-electron chi connectivity index (χ0n) is 14.0. The second-order valence-corrected chi connectivity index (χ2v) is 5.53. The van der Waals surface area contributed by atoms with Gasteiger partial charge in [-0.2, -0.15) is 0 Å². The maximum absolute atomic E-state index is 12.1. The Morgan fingerprint density at radius 1 is 1.20 bits per heavy atom. The molecule has 0 saturated heterocycles. The Balaban J connectivity index is 1.51. The quantitative estimate of drug-likeness (QED) is 0.702. The molecule has 0 aliphatic rings. The minimum Gasteiger partial charge on any atom is -0.483 e. The van der Waals surface area contributed by atoms with Crippen LogP contribution >= 0.6 is 0 Å². The van der Waals surface area contributed by atoms with Gasteiger partial charge in [-0.25, -0.2) is 9.48 Å². The number of nitrogens with zero attached hydrogens (tertiary/aromatic N) is 3. The summed E-state index contributed by atoms with van der Waals surface area (Å²) in [4.78, 5) is 24.0. The van der Waals surface area contributed by atoms with Crippen molar-refractivity contribution in [3.05, 3.63) is 64.7 Å². The summed E-state index contributed by atoms with van der Waals surface area (Å²) in [6, 6.07) is 13.0. The van der Waals surface area contributed by atoms with Crippen molar-refractivity contribution < 1.29 is 9.53 Å². The fraction of sp³-hybridized carbons (Fsp3) is 0.278. The molecule has 25 heavy (non-hydrogen) atoms. The average Bonchev–Trinajstić information content (AvgIpc) is 2.96. The molecule has 0 fully saturated rings. The molecule has 7 heteroatoms. The van der Waals surface area contributed by atoms with E-state index < -0.39 is 0 Å². The first-order valence-corrected chi connectivity index (χ1v) is 8.20. The van der Waals surface area contributed by atoms with Gasteiger partial charge < -0.3 is 10.1 Å². The molecule has 0 radical (unpaired) electrons. The Morgan fingerprint density at radius 2 is 2.00 bits per heavy atom. The first-order chi connectivity index (χ1) is 12.2. The third-order valence-electron chi connectivity index (χ3n) is 3.85. The van der Waals surface area contributed by atoms with Gasteiger partial charge in [-0.05, 0) is 30.2 Å². The third-order valence-corrected chi connectivity index (χ3v) is 3.85. The number of carbonyl (C=O) groups is 1. The maximum atomic E-state index is 12.1. The fourth-order valence-electron chi connectivity index (χ4n) is 2.55. The lowest BCUT2D eigenvalue weighted by molar-refractivity contribution is -0.123. The van der Waals surface area contributed by atoms with Gasteiger partial charge in [0, 0.05) is 12.7 Å². The Morgan fingerprint density at radius 3 is 2.80 bits per heavy atom. The lowest BCUT2D eigenvalue weighted by Gasteiger charge is -2.10. The van der Waals surface area contributed by atoms with E-state index in [0.29, 0.717) is 18.7 Å². The van der Waals surface area contributed by atoms with Crippen molar-refractivity contribution in [1.82, 2.24) is 19.5 Å². The molecule has 0 bridgehead atoms. The van der Waals surface area contributed by atoms with Gasteiger partial charge in [0.1, 0.15) is 5.75 Å². The van der Waals surface area contributed by atoms with Gasteiger partial charge in [-0.1, -0.05) is 31.2 Å². The highest BCUT2D eigenvalue weighted by Gasteiger charge is 2.08. The molecule has 0 atom stereocenters. The van der Waals surface area contributed by atoms with Gasteiger partial charge in [0.2, 0.25) is 0 Å². The second kappa shape index (κ2) is 7.65. The normalized spacial score (nSPS) is 10.8. The first kappa shape index (κ1) is 16.8. The number of pyridine rings is 1. The summed E-state index contributed by atoms with van der Waals surface area (Å²) in [5.74, 6) is 0.486. The van der Waals surface area contributed by atoms with Crippen LogP contribution in [0.25, 0.3) is 5.65 Å². The van der Waals surface area contributed by atoms with E-state index in [-0.39, 0.29) is 18.2 Å². The molecule has 2 heterocycles. The largest absolute Gasteiger partial charge is 0.483 e. The van der Waals surface area contributed by atoms with Crippen molar-refractivity contribution in [1.29, 1.82) is 0 Å². The molecule has 0 saturated carbocycles. The topological polar surface area (TPSA) is 77.6 Å². The number of para-hydroxylation sites is 1. The van der Waals surface area contributed by atoms with Crippen molar-refractivity contribution in [2.75, 3.05) is 13.2 Å². The van der Waals surface area contributed by atoms with Crippen LogP contribution in [0.3, 0.4) is 0 Å². The molecule has 3 aromatic rings. The first-order valence-electron chi connectivity index (χ1n) is 8.20. The zero-order chi connectivity index (χ0) is 17.6. The minimum absolute atomic E-state index is 0.0585. The van der Waals surface area contributed by atoms with E-state index in [0.717, 1.165) is 17.7 Å². The predicted octanol–water partition coefficient (Wildman–Crippen LogP) is 1.25. The Labute approximate surface area is 144 Å². The van der Waals surface area contributed by atoms with Crippen LogP contribution in [0.15, 0.2) is 53.5 Å². The molecular formula is C18H20N4O3. The van der Waals surface area contributed by atoms with E-state index in [4.69, 9.17) is 4.74 Å². The van der Waals surface area contributed by atoms with Crippen LogP contribution in [-0.4, -0.2) is 33.2 Å². The van der Waals surface area contributed by atoms with Gasteiger partial charge >= 0.3 is 5.69 Å². The highest BCUT2D eigenvalue weighted by atomic mass is 16.5. The molecule has 130 valence electrons. The number of carbonyl (C=O) groups excluding carboxylic acids is 1. The summed E-state index contributed by atoms with van der Waals surface area (Å²) >= 11 is 0. The van der Waals surface area contributed by atoms with Gasteiger partial charge in [-0.15, -0.1) is 5.10 Å². The fourth-order valence-corrected chi connectivity index (χ4v) is 2.55. The molecule has 3 rings (SSSR count). The number of fused-ring (bicyclic) bond motifs is 1. The molecule has 1 N–H and O–H groups in total. The SMILES string of the molecule is CCc1ccccc1OCC(=O)NCCn1nc2ccccn2c1=O. The predicted molar refractivity (Wildman–Crippen MR) is 93.8 cm³/mol. The lowest BCUT2D eigenvalue weighted by atomic mass is 10.1. The molecule has 0 spiro atoms. The number of aryl methyl sites for hydroxylation is 1. The monoisotopic (exact) mass is 340 g/mol. The van der Waals surface area contributed by atoms with E-state index in [1.54, 1.807) is 18.3 Å². The number of aromatic nitrogens is 3. The third kappa shape index (κ3) is 3.88. The molecule has 0 aliphatic carbocycles. The van der Waals surface area contributed by atoms with Crippen LogP contribution < -0.4 is 15.7 Å². The van der Waals surface area contributed by atoms with Crippen LogP contribution in [0, 0.1) is 0 Å². The van der Waals surface area contributed by atoms with Crippen molar-refractivity contribution in [3.63, 3.8) is 0 Å². The number of amides is 1. The van der Waals surface area contributed by atoms with Crippen molar-refractivity contribution in [2.24, 2.45) is 0 Å². The molecule has 7 nitrogen and oxygen atoms in total. The number of ether oxygens (including phenoxy) is 1. The van der Waals surface area contributed by atoms with E-state index in [1.165, 1.54) is 9.08 Å². The summed E-state index contributed by atoms with van der Waals surface area (Å²) in [5, 5.41) is 6.95. The van der Waals surface area contributed by atoms with Crippen molar-refractivity contribution in [2.45, 2.75) is 19.9 Å². The summed E-state index contributed by atoms with van der Waals surface area (Å²) in [6.07, 6.45) is 2.51. The second-order valence-electron chi connectivity index (χ2n) is 5.53. The number of nitrogens with one attached hydrogen (secondary N) is 1. The Bertz CT molecular complexity index is 929. The summed E-state index contributed by atoms with van der Waals surface area (Å²) in [7, 11) is 0. The molecule has 1 aromatic carbocycles. The van der Waals surface area contributed by atoms with Crippen LogP contribution in [0.4, 0.5) is 0 Å².